The number of nitrogens with zero attached hydrogens (tertiary/aromatic N) is 1. The van der Waals surface area contributed by atoms with Gasteiger partial charge in [-0.25, -0.2) is 4.79 Å². The first-order chi connectivity index (χ1) is 7.24. The predicted molar refractivity (Wildman–Crippen MR) is 53.5 cm³/mol. The molecule has 1 aromatic rings. The van der Waals surface area contributed by atoms with Crippen LogP contribution in [0.5, 0.6) is 0 Å². The van der Waals surface area contributed by atoms with Crippen LogP contribution in [0.2, 0.25) is 0 Å². The minimum atomic E-state index is -0.462. The molecule has 2 N–H and O–H groups in total. The molecule has 0 aromatic carbocycles. The quantitative estimate of drug-likeness (QED) is 0.751. The van der Waals surface area contributed by atoms with Crippen LogP contribution in [0.1, 0.15) is 47.7 Å². The molecule has 82 valence electrons. The number of ether oxygens (including phenoxy) is 1. The third-order valence-corrected chi connectivity index (χ3v) is 2.86. The summed E-state index contributed by atoms with van der Waals surface area (Å²) < 4.78 is 9.78. The maximum absolute atomic E-state index is 11.5. The van der Waals surface area contributed by atoms with E-state index in [1.807, 2.05) is 0 Å². The summed E-state index contributed by atoms with van der Waals surface area (Å²) >= 11 is 0. The van der Waals surface area contributed by atoms with E-state index < -0.39 is 5.97 Å². The van der Waals surface area contributed by atoms with Crippen LogP contribution in [-0.2, 0) is 4.74 Å². The molecule has 1 aliphatic rings. The molecule has 5 heteroatoms. The van der Waals surface area contributed by atoms with E-state index in [-0.39, 0.29) is 11.7 Å². The molecule has 0 aliphatic heterocycles. The Kier molecular flexibility index (Phi) is 2.62. The molecule has 1 saturated carbocycles. The zero-order valence-electron chi connectivity index (χ0n) is 8.66. The molecule has 0 saturated heterocycles. The highest BCUT2D eigenvalue weighted by molar-refractivity contribution is 5.95. The van der Waals surface area contributed by atoms with Gasteiger partial charge in [-0.3, -0.25) is 0 Å². The van der Waals surface area contributed by atoms with Crippen molar-refractivity contribution in [2.75, 3.05) is 12.8 Å². The Hall–Kier alpha value is -1.52. The summed E-state index contributed by atoms with van der Waals surface area (Å²) in [6, 6.07) is 0. The third kappa shape index (κ3) is 1.69. The summed E-state index contributed by atoms with van der Waals surface area (Å²) in [6.45, 7) is 0. The number of carbonyl (C=O) groups excluding carboxylic acids is 1. The number of hydrogen-bond acceptors (Lipinski definition) is 5. The molecule has 0 spiro atoms. The van der Waals surface area contributed by atoms with Gasteiger partial charge in [0.2, 0.25) is 0 Å². The minimum Gasteiger partial charge on any atom is -0.465 e. The van der Waals surface area contributed by atoms with E-state index in [4.69, 9.17) is 10.3 Å². The van der Waals surface area contributed by atoms with Gasteiger partial charge in [-0.1, -0.05) is 18.0 Å². The summed E-state index contributed by atoms with van der Waals surface area (Å²) in [5, 5.41) is 3.63. The molecule has 0 bridgehead atoms. The Balaban J connectivity index is 2.34. The Labute approximate surface area is 87.6 Å². The van der Waals surface area contributed by atoms with Gasteiger partial charge in [0.05, 0.1) is 7.11 Å². The van der Waals surface area contributed by atoms with E-state index in [0.29, 0.717) is 11.3 Å². The molecule has 0 amide bonds. The molecule has 0 radical (unpaired) electrons. The van der Waals surface area contributed by atoms with Crippen molar-refractivity contribution in [3.05, 3.63) is 11.3 Å². The SMILES string of the molecule is COC(=O)c1c(N)noc1C1CCCC1. The number of methoxy groups -OCH3 is 1. The second-order valence-corrected chi connectivity index (χ2v) is 3.78. The van der Waals surface area contributed by atoms with Crippen LogP contribution in [0, 0.1) is 0 Å². The van der Waals surface area contributed by atoms with Crippen LogP contribution < -0.4 is 5.73 Å². The van der Waals surface area contributed by atoms with Crippen molar-refractivity contribution in [1.82, 2.24) is 5.16 Å². The fraction of sp³-hybridized carbons (Fsp3) is 0.600. The number of hydrogen-bond donors (Lipinski definition) is 1. The lowest BCUT2D eigenvalue weighted by Gasteiger charge is -2.05. The molecule has 1 heterocycles. The van der Waals surface area contributed by atoms with Gasteiger partial charge in [-0.2, -0.15) is 0 Å². The summed E-state index contributed by atoms with van der Waals surface area (Å²) in [4.78, 5) is 11.5. The van der Waals surface area contributed by atoms with Gasteiger partial charge in [0, 0.05) is 5.92 Å². The normalized spacial score (nSPS) is 16.9. The maximum Gasteiger partial charge on any atom is 0.345 e. The average molecular weight is 210 g/mol. The first-order valence-corrected chi connectivity index (χ1v) is 5.07. The number of nitrogens with two attached hydrogens (primary N) is 1. The van der Waals surface area contributed by atoms with E-state index in [1.165, 1.54) is 7.11 Å². The van der Waals surface area contributed by atoms with Crippen LogP contribution in [0.15, 0.2) is 4.52 Å². The number of carbonyl (C=O) groups is 1. The molecule has 15 heavy (non-hydrogen) atoms. The molecule has 2 rings (SSSR count). The van der Waals surface area contributed by atoms with E-state index in [0.717, 1.165) is 25.7 Å². The molecule has 0 atom stereocenters. The van der Waals surface area contributed by atoms with E-state index >= 15 is 0 Å². The van der Waals surface area contributed by atoms with Gasteiger partial charge in [-0.05, 0) is 12.8 Å². The number of anilines is 1. The Morgan fingerprint density at radius 2 is 2.20 bits per heavy atom. The summed E-state index contributed by atoms with van der Waals surface area (Å²) in [5.41, 5.74) is 5.89. The lowest BCUT2D eigenvalue weighted by molar-refractivity contribution is 0.0598. The van der Waals surface area contributed by atoms with Crippen LogP contribution in [0.4, 0.5) is 5.82 Å². The monoisotopic (exact) mass is 210 g/mol. The average Bonchev–Trinajstić information content (AvgIpc) is 2.85. The van der Waals surface area contributed by atoms with E-state index in [2.05, 4.69) is 9.89 Å². The number of esters is 1. The van der Waals surface area contributed by atoms with Crippen molar-refractivity contribution in [3.63, 3.8) is 0 Å². The van der Waals surface area contributed by atoms with Crippen molar-refractivity contribution in [3.8, 4) is 0 Å². The number of rotatable bonds is 2. The van der Waals surface area contributed by atoms with Gasteiger partial charge >= 0.3 is 5.97 Å². The van der Waals surface area contributed by atoms with E-state index in [1.54, 1.807) is 0 Å². The number of aromatic nitrogens is 1. The van der Waals surface area contributed by atoms with Gasteiger partial charge in [-0.15, -0.1) is 0 Å². The molecule has 0 unspecified atom stereocenters. The van der Waals surface area contributed by atoms with E-state index in [9.17, 15) is 4.79 Å². The van der Waals surface area contributed by atoms with Crippen molar-refractivity contribution >= 4 is 11.8 Å². The van der Waals surface area contributed by atoms with Crippen LogP contribution >= 0.6 is 0 Å². The highest BCUT2D eigenvalue weighted by Crippen LogP contribution is 2.37. The molecule has 1 fully saturated rings. The highest BCUT2D eigenvalue weighted by Gasteiger charge is 2.30. The lowest BCUT2D eigenvalue weighted by Crippen LogP contribution is -2.08. The topological polar surface area (TPSA) is 78.4 Å². The summed E-state index contributed by atoms with van der Waals surface area (Å²) in [5.74, 6) is 0.528. The maximum atomic E-state index is 11.5. The molecule has 5 nitrogen and oxygen atoms in total. The fourth-order valence-electron chi connectivity index (χ4n) is 2.09. The Morgan fingerprint density at radius 1 is 1.53 bits per heavy atom. The zero-order valence-corrected chi connectivity index (χ0v) is 8.66. The second-order valence-electron chi connectivity index (χ2n) is 3.78. The van der Waals surface area contributed by atoms with Crippen LogP contribution in [0.3, 0.4) is 0 Å². The van der Waals surface area contributed by atoms with Crippen molar-refractivity contribution < 1.29 is 14.1 Å². The molecule has 1 aromatic heterocycles. The standard InChI is InChI=1S/C10H14N2O3/c1-14-10(13)7-8(15-12-9(7)11)6-4-2-3-5-6/h6H,2-5H2,1H3,(H2,11,12). The summed E-state index contributed by atoms with van der Waals surface area (Å²) in [7, 11) is 1.33. The Bertz CT molecular complexity index is 367. The second kappa shape index (κ2) is 3.92. The molecular weight excluding hydrogens is 196 g/mol. The van der Waals surface area contributed by atoms with Gasteiger partial charge < -0.3 is 15.0 Å². The fourth-order valence-corrected chi connectivity index (χ4v) is 2.09. The first-order valence-electron chi connectivity index (χ1n) is 5.07. The largest absolute Gasteiger partial charge is 0.465 e. The van der Waals surface area contributed by atoms with Gasteiger partial charge in [0.1, 0.15) is 5.56 Å². The lowest BCUT2D eigenvalue weighted by atomic mass is 10.0. The smallest absolute Gasteiger partial charge is 0.345 e. The van der Waals surface area contributed by atoms with Crippen molar-refractivity contribution in [2.45, 2.75) is 31.6 Å². The van der Waals surface area contributed by atoms with Crippen LogP contribution in [0.25, 0.3) is 0 Å². The molecule has 1 aliphatic carbocycles. The van der Waals surface area contributed by atoms with Gasteiger partial charge in [0.25, 0.3) is 0 Å². The third-order valence-electron chi connectivity index (χ3n) is 2.86. The van der Waals surface area contributed by atoms with Gasteiger partial charge in [0.15, 0.2) is 11.6 Å². The van der Waals surface area contributed by atoms with Crippen molar-refractivity contribution in [2.24, 2.45) is 0 Å². The predicted octanol–water partition coefficient (Wildman–Crippen LogP) is 1.70. The zero-order chi connectivity index (χ0) is 10.8. The highest BCUT2D eigenvalue weighted by atomic mass is 16.5. The van der Waals surface area contributed by atoms with Crippen LogP contribution in [-0.4, -0.2) is 18.2 Å². The minimum absolute atomic E-state index is 0.128. The summed E-state index contributed by atoms with van der Waals surface area (Å²) in [6.07, 6.45) is 4.37. The number of nitrogen functional groups attached to an aromatic ring is 1. The molecular formula is C10H14N2O3. The first kappa shape index (κ1) is 10.0. The Morgan fingerprint density at radius 3 is 2.80 bits per heavy atom. The van der Waals surface area contributed by atoms with Crippen molar-refractivity contribution in [1.29, 1.82) is 0 Å².